The molecule has 1 aromatic heterocycles. The van der Waals surface area contributed by atoms with Crippen molar-refractivity contribution in [2.24, 2.45) is 0 Å². The van der Waals surface area contributed by atoms with Crippen LogP contribution in [-0.2, 0) is 11.2 Å². The highest BCUT2D eigenvalue weighted by Gasteiger charge is 2.34. The van der Waals surface area contributed by atoms with Crippen LogP contribution in [0.2, 0.25) is 0 Å². The molecule has 2 N–H and O–H groups in total. The molecule has 0 saturated heterocycles. The number of fused-ring (bicyclic) bond motifs is 4. The first-order chi connectivity index (χ1) is 15.1. The molecule has 2 heterocycles. The summed E-state index contributed by atoms with van der Waals surface area (Å²) in [5.41, 5.74) is 4.78. The van der Waals surface area contributed by atoms with E-state index in [-0.39, 0.29) is 30.7 Å². The van der Waals surface area contributed by atoms with E-state index < -0.39 is 0 Å². The number of amides is 3. The SMILES string of the molecule is CCc1cccc2c1[nH]c1cc(NC(=O)CCN3C(=O)c4ccccc4C3=O)ccc12. The van der Waals surface area contributed by atoms with Crippen LogP contribution >= 0.6 is 0 Å². The molecule has 1 aliphatic rings. The molecule has 0 aliphatic carbocycles. The Morgan fingerprint density at radius 1 is 0.935 bits per heavy atom. The van der Waals surface area contributed by atoms with E-state index >= 15 is 0 Å². The third-order valence-electron chi connectivity index (χ3n) is 5.83. The van der Waals surface area contributed by atoms with Crippen LogP contribution in [0, 0.1) is 0 Å². The van der Waals surface area contributed by atoms with Gasteiger partial charge in [-0.2, -0.15) is 0 Å². The lowest BCUT2D eigenvalue weighted by Crippen LogP contribution is -2.32. The number of aryl methyl sites for hydroxylation is 1. The number of nitrogens with one attached hydrogen (secondary N) is 2. The summed E-state index contributed by atoms with van der Waals surface area (Å²) in [6.45, 7) is 2.17. The highest BCUT2D eigenvalue weighted by atomic mass is 16.2. The number of hydrogen-bond acceptors (Lipinski definition) is 3. The molecule has 0 unspecified atom stereocenters. The van der Waals surface area contributed by atoms with Crippen LogP contribution in [0.3, 0.4) is 0 Å². The van der Waals surface area contributed by atoms with Crippen LogP contribution in [-0.4, -0.2) is 34.2 Å². The van der Waals surface area contributed by atoms with Gasteiger partial charge in [0.15, 0.2) is 0 Å². The van der Waals surface area contributed by atoms with Gasteiger partial charge >= 0.3 is 0 Å². The van der Waals surface area contributed by atoms with E-state index in [2.05, 4.69) is 35.4 Å². The van der Waals surface area contributed by atoms with Crippen LogP contribution in [0.4, 0.5) is 5.69 Å². The summed E-state index contributed by atoms with van der Waals surface area (Å²) < 4.78 is 0. The summed E-state index contributed by atoms with van der Waals surface area (Å²) in [4.78, 5) is 42.0. The molecule has 31 heavy (non-hydrogen) atoms. The van der Waals surface area contributed by atoms with Gasteiger partial charge in [-0.05, 0) is 36.2 Å². The monoisotopic (exact) mass is 411 g/mol. The van der Waals surface area contributed by atoms with Crippen molar-refractivity contribution in [1.82, 2.24) is 9.88 Å². The molecule has 4 aromatic rings. The van der Waals surface area contributed by atoms with Crippen molar-refractivity contribution in [3.05, 3.63) is 77.4 Å². The molecule has 1 aliphatic heterocycles. The van der Waals surface area contributed by atoms with E-state index in [0.717, 1.165) is 33.1 Å². The van der Waals surface area contributed by atoms with E-state index in [0.29, 0.717) is 16.8 Å². The largest absolute Gasteiger partial charge is 0.354 e. The first kappa shape index (κ1) is 19.1. The van der Waals surface area contributed by atoms with Gasteiger partial charge in [0.2, 0.25) is 5.91 Å². The number of hydrogen-bond donors (Lipinski definition) is 2. The van der Waals surface area contributed by atoms with Crippen LogP contribution in [0.25, 0.3) is 21.8 Å². The number of aromatic nitrogens is 1. The predicted octanol–water partition coefficient (Wildman–Crippen LogP) is 4.51. The minimum Gasteiger partial charge on any atom is -0.354 e. The number of carbonyl (C=O) groups is 3. The number of anilines is 1. The highest BCUT2D eigenvalue weighted by molar-refractivity contribution is 6.21. The maximum Gasteiger partial charge on any atom is 0.261 e. The van der Waals surface area contributed by atoms with E-state index in [4.69, 9.17) is 0 Å². The molecule has 154 valence electrons. The number of benzene rings is 3. The van der Waals surface area contributed by atoms with Crippen molar-refractivity contribution in [2.75, 3.05) is 11.9 Å². The maximum atomic E-state index is 12.5. The average molecular weight is 411 g/mol. The van der Waals surface area contributed by atoms with Crippen molar-refractivity contribution >= 4 is 45.2 Å². The van der Waals surface area contributed by atoms with E-state index in [9.17, 15) is 14.4 Å². The minimum absolute atomic E-state index is 0.0379. The summed E-state index contributed by atoms with van der Waals surface area (Å²) in [6, 6.07) is 18.8. The topological polar surface area (TPSA) is 82.3 Å². The van der Waals surface area contributed by atoms with Crippen LogP contribution in [0.5, 0.6) is 0 Å². The molecular weight excluding hydrogens is 390 g/mol. The number of aromatic amines is 1. The number of carbonyl (C=O) groups excluding carboxylic acids is 3. The second kappa shape index (κ2) is 7.40. The summed E-state index contributed by atoms with van der Waals surface area (Å²) in [7, 11) is 0. The van der Waals surface area contributed by atoms with Gasteiger partial charge in [-0.15, -0.1) is 0 Å². The van der Waals surface area contributed by atoms with Crippen LogP contribution in [0.1, 0.15) is 39.6 Å². The molecule has 3 aromatic carbocycles. The van der Waals surface area contributed by atoms with Gasteiger partial charge < -0.3 is 10.3 Å². The van der Waals surface area contributed by atoms with Gasteiger partial charge in [0.05, 0.1) is 11.1 Å². The summed E-state index contributed by atoms with van der Waals surface area (Å²) >= 11 is 0. The van der Waals surface area contributed by atoms with Crippen molar-refractivity contribution in [1.29, 1.82) is 0 Å². The lowest BCUT2D eigenvalue weighted by molar-refractivity contribution is -0.116. The zero-order valence-corrected chi connectivity index (χ0v) is 17.1. The van der Waals surface area contributed by atoms with Crippen molar-refractivity contribution in [2.45, 2.75) is 19.8 Å². The number of rotatable bonds is 5. The average Bonchev–Trinajstić information content (AvgIpc) is 3.27. The van der Waals surface area contributed by atoms with Crippen LogP contribution in [0.15, 0.2) is 60.7 Å². The summed E-state index contributed by atoms with van der Waals surface area (Å²) in [6.07, 6.45) is 0.974. The van der Waals surface area contributed by atoms with Gasteiger partial charge in [0.1, 0.15) is 0 Å². The standard InChI is InChI=1S/C25H21N3O3/c1-2-15-6-5-9-18-17-11-10-16(14-21(17)27-23(15)18)26-22(29)12-13-28-24(30)19-7-3-4-8-20(19)25(28)31/h3-11,14,27H,2,12-13H2,1H3,(H,26,29). The third kappa shape index (κ3) is 3.17. The molecular formula is C25H21N3O3. The molecule has 0 radical (unpaired) electrons. The predicted molar refractivity (Wildman–Crippen MR) is 120 cm³/mol. The maximum absolute atomic E-state index is 12.5. The first-order valence-electron chi connectivity index (χ1n) is 10.3. The zero-order valence-electron chi connectivity index (χ0n) is 17.1. The first-order valence-corrected chi connectivity index (χ1v) is 10.3. The number of H-pyrrole nitrogens is 1. The Morgan fingerprint density at radius 3 is 2.39 bits per heavy atom. The molecule has 6 nitrogen and oxygen atoms in total. The molecule has 3 amide bonds. The van der Waals surface area contributed by atoms with Gasteiger partial charge in [-0.3, -0.25) is 19.3 Å². The number of nitrogens with zero attached hydrogens (tertiary/aromatic N) is 1. The second-order valence-electron chi connectivity index (χ2n) is 7.68. The Morgan fingerprint density at radius 2 is 1.68 bits per heavy atom. The number of para-hydroxylation sites is 1. The molecule has 5 rings (SSSR count). The number of imide groups is 1. The van der Waals surface area contributed by atoms with Crippen molar-refractivity contribution in [3.63, 3.8) is 0 Å². The second-order valence-corrected chi connectivity index (χ2v) is 7.68. The van der Waals surface area contributed by atoms with Crippen molar-refractivity contribution in [3.8, 4) is 0 Å². The molecule has 0 fully saturated rings. The smallest absolute Gasteiger partial charge is 0.261 e. The Labute approximate surface area is 178 Å². The molecule has 0 saturated carbocycles. The Hall–Kier alpha value is -3.93. The lowest BCUT2D eigenvalue weighted by Gasteiger charge is -2.13. The Bertz CT molecular complexity index is 1330. The normalized spacial score (nSPS) is 13.3. The van der Waals surface area contributed by atoms with Crippen LogP contribution < -0.4 is 5.32 Å². The molecule has 6 heteroatoms. The quantitative estimate of drug-likeness (QED) is 0.474. The van der Waals surface area contributed by atoms with Gasteiger partial charge in [0, 0.05) is 40.5 Å². The highest BCUT2D eigenvalue weighted by Crippen LogP contribution is 2.30. The molecule has 0 atom stereocenters. The van der Waals surface area contributed by atoms with E-state index in [1.165, 1.54) is 5.56 Å². The van der Waals surface area contributed by atoms with E-state index in [1.807, 2.05) is 18.2 Å². The zero-order chi connectivity index (χ0) is 21.5. The van der Waals surface area contributed by atoms with Gasteiger partial charge in [-0.25, -0.2) is 0 Å². The molecule has 0 bridgehead atoms. The fourth-order valence-corrected chi connectivity index (χ4v) is 4.24. The third-order valence-corrected chi connectivity index (χ3v) is 5.83. The lowest BCUT2D eigenvalue weighted by atomic mass is 10.1. The van der Waals surface area contributed by atoms with Crippen molar-refractivity contribution < 1.29 is 14.4 Å². The summed E-state index contributed by atoms with van der Waals surface area (Å²) in [5, 5.41) is 5.14. The molecule has 0 spiro atoms. The fraction of sp³-hybridized carbons (Fsp3) is 0.160. The Balaban J connectivity index is 1.30. The Kier molecular flexibility index (Phi) is 4.55. The summed E-state index contributed by atoms with van der Waals surface area (Å²) in [5.74, 6) is -0.944. The van der Waals surface area contributed by atoms with Gasteiger partial charge in [-0.1, -0.05) is 43.3 Å². The fourth-order valence-electron chi connectivity index (χ4n) is 4.24. The minimum atomic E-state index is -0.348. The van der Waals surface area contributed by atoms with E-state index in [1.54, 1.807) is 24.3 Å². The van der Waals surface area contributed by atoms with Gasteiger partial charge in [0.25, 0.3) is 11.8 Å².